The standard InChI is InChI=1S/C16H18N2O6/c19-12-6-3-7-17(12)13(20)9-24-14(21)8-18-15(22)10-4-1-2-5-11(10)16(18)23/h1-2,10-11H,3-9H2. The molecule has 8 heteroatoms. The van der Waals surface area contributed by atoms with Gasteiger partial charge in [0.15, 0.2) is 6.61 Å². The van der Waals surface area contributed by atoms with Gasteiger partial charge in [-0.1, -0.05) is 12.2 Å². The molecule has 3 rings (SSSR count). The van der Waals surface area contributed by atoms with Crippen LogP contribution in [0.25, 0.3) is 0 Å². The maximum Gasteiger partial charge on any atom is 0.326 e. The van der Waals surface area contributed by atoms with Gasteiger partial charge in [0.1, 0.15) is 6.54 Å². The summed E-state index contributed by atoms with van der Waals surface area (Å²) in [6.45, 7) is -0.726. The predicted octanol–water partition coefficient (Wildman–Crippen LogP) is -0.370. The lowest BCUT2D eigenvalue weighted by Crippen LogP contribution is -2.39. The molecule has 24 heavy (non-hydrogen) atoms. The maximum atomic E-state index is 12.2. The minimum Gasteiger partial charge on any atom is -0.454 e. The first-order valence-electron chi connectivity index (χ1n) is 7.98. The van der Waals surface area contributed by atoms with E-state index in [-0.39, 0.29) is 17.7 Å². The van der Waals surface area contributed by atoms with E-state index in [9.17, 15) is 24.0 Å². The molecule has 0 aromatic carbocycles. The van der Waals surface area contributed by atoms with E-state index in [0.29, 0.717) is 32.2 Å². The summed E-state index contributed by atoms with van der Waals surface area (Å²) in [4.78, 5) is 61.5. The molecule has 0 radical (unpaired) electrons. The third-order valence-electron chi connectivity index (χ3n) is 4.62. The minimum absolute atomic E-state index is 0.280. The second kappa shape index (κ2) is 6.54. The fraction of sp³-hybridized carbons (Fsp3) is 0.562. The maximum absolute atomic E-state index is 12.2. The average molecular weight is 334 g/mol. The molecule has 2 unspecified atom stereocenters. The summed E-state index contributed by atoms with van der Waals surface area (Å²) in [5.41, 5.74) is 0. The topological polar surface area (TPSA) is 101 Å². The van der Waals surface area contributed by atoms with Crippen LogP contribution in [0.4, 0.5) is 0 Å². The van der Waals surface area contributed by atoms with Crippen LogP contribution < -0.4 is 0 Å². The highest BCUT2D eigenvalue weighted by atomic mass is 16.5. The molecule has 1 aliphatic carbocycles. The molecule has 0 aromatic rings. The molecule has 0 N–H and O–H groups in total. The largest absolute Gasteiger partial charge is 0.454 e. The van der Waals surface area contributed by atoms with E-state index in [2.05, 4.69) is 0 Å². The number of hydrogen-bond donors (Lipinski definition) is 0. The Morgan fingerprint density at radius 1 is 1.08 bits per heavy atom. The van der Waals surface area contributed by atoms with E-state index in [4.69, 9.17) is 4.74 Å². The molecule has 4 amide bonds. The highest BCUT2D eigenvalue weighted by molar-refractivity contribution is 6.07. The molecule has 0 saturated carbocycles. The van der Waals surface area contributed by atoms with Crippen molar-refractivity contribution in [2.24, 2.45) is 11.8 Å². The lowest BCUT2D eigenvalue weighted by Gasteiger charge is -2.16. The number of fused-ring (bicyclic) bond motifs is 1. The number of hydrogen-bond acceptors (Lipinski definition) is 6. The Labute approximate surface area is 138 Å². The Balaban J connectivity index is 1.52. The number of imide groups is 2. The summed E-state index contributed by atoms with van der Waals surface area (Å²) in [5.74, 6) is -3.23. The molecule has 2 fully saturated rings. The number of likely N-dealkylation sites (tertiary alicyclic amines) is 2. The molecule has 0 aromatic heterocycles. The lowest BCUT2D eigenvalue weighted by molar-refractivity contribution is -0.157. The zero-order valence-corrected chi connectivity index (χ0v) is 13.1. The summed E-state index contributed by atoms with van der Waals surface area (Å²) < 4.78 is 4.83. The van der Waals surface area contributed by atoms with E-state index in [1.54, 1.807) is 0 Å². The molecule has 2 saturated heterocycles. The van der Waals surface area contributed by atoms with E-state index < -0.39 is 36.9 Å². The Morgan fingerprint density at radius 3 is 2.25 bits per heavy atom. The van der Waals surface area contributed by atoms with Crippen molar-refractivity contribution < 1.29 is 28.7 Å². The van der Waals surface area contributed by atoms with Gasteiger partial charge in [-0.05, 0) is 19.3 Å². The van der Waals surface area contributed by atoms with Crippen LogP contribution in [0.1, 0.15) is 25.7 Å². The molecule has 128 valence electrons. The number of rotatable bonds is 4. The Kier molecular flexibility index (Phi) is 4.46. The highest BCUT2D eigenvalue weighted by Gasteiger charge is 2.47. The summed E-state index contributed by atoms with van der Waals surface area (Å²) >= 11 is 0. The SMILES string of the molecule is O=C(CN1C(=O)C2CC=CCC2C1=O)OCC(=O)N1CCCC1=O. The van der Waals surface area contributed by atoms with Gasteiger partial charge in [0.05, 0.1) is 11.8 Å². The van der Waals surface area contributed by atoms with Crippen molar-refractivity contribution in [1.82, 2.24) is 9.80 Å². The van der Waals surface area contributed by atoms with Gasteiger partial charge in [0.25, 0.3) is 5.91 Å². The van der Waals surface area contributed by atoms with Crippen LogP contribution in [0.3, 0.4) is 0 Å². The number of allylic oxidation sites excluding steroid dienone is 2. The van der Waals surface area contributed by atoms with Gasteiger partial charge in [-0.2, -0.15) is 0 Å². The average Bonchev–Trinajstić information content (AvgIpc) is 3.11. The molecule has 8 nitrogen and oxygen atoms in total. The number of ether oxygens (including phenoxy) is 1. The molecule has 3 aliphatic rings. The normalized spacial score (nSPS) is 26.1. The monoisotopic (exact) mass is 334 g/mol. The minimum atomic E-state index is -0.830. The van der Waals surface area contributed by atoms with Crippen LogP contribution in [0.2, 0.25) is 0 Å². The van der Waals surface area contributed by atoms with Gasteiger partial charge in [-0.15, -0.1) is 0 Å². The van der Waals surface area contributed by atoms with Gasteiger partial charge in [0, 0.05) is 13.0 Å². The van der Waals surface area contributed by atoms with E-state index in [0.717, 1.165) is 9.80 Å². The van der Waals surface area contributed by atoms with E-state index in [1.807, 2.05) is 12.2 Å². The summed E-state index contributed by atoms with van der Waals surface area (Å²) in [6.07, 6.45) is 5.63. The van der Waals surface area contributed by atoms with Crippen LogP contribution in [0.5, 0.6) is 0 Å². The van der Waals surface area contributed by atoms with Crippen molar-refractivity contribution in [3.05, 3.63) is 12.2 Å². The van der Waals surface area contributed by atoms with Crippen LogP contribution in [-0.4, -0.2) is 59.1 Å². The Morgan fingerprint density at radius 2 is 1.71 bits per heavy atom. The number of amides is 4. The third kappa shape index (κ3) is 2.95. The summed E-state index contributed by atoms with van der Waals surface area (Å²) in [7, 11) is 0. The first-order chi connectivity index (χ1) is 11.5. The molecule has 2 aliphatic heterocycles. The fourth-order valence-corrected chi connectivity index (χ4v) is 3.33. The zero-order chi connectivity index (χ0) is 17.3. The fourth-order valence-electron chi connectivity index (χ4n) is 3.33. The smallest absolute Gasteiger partial charge is 0.326 e. The van der Waals surface area contributed by atoms with Crippen molar-refractivity contribution in [3.63, 3.8) is 0 Å². The van der Waals surface area contributed by atoms with E-state index in [1.165, 1.54) is 0 Å². The number of carbonyl (C=O) groups is 5. The number of nitrogens with zero attached hydrogens (tertiary/aromatic N) is 2. The van der Waals surface area contributed by atoms with E-state index >= 15 is 0 Å². The third-order valence-corrected chi connectivity index (χ3v) is 4.62. The molecule has 0 bridgehead atoms. The number of carbonyl (C=O) groups excluding carboxylic acids is 5. The van der Waals surface area contributed by atoms with Crippen molar-refractivity contribution in [3.8, 4) is 0 Å². The molecular weight excluding hydrogens is 316 g/mol. The highest BCUT2D eigenvalue weighted by Crippen LogP contribution is 2.34. The van der Waals surface area contributed by atoms with Gasteiger partial charge in [0.2, 0.25) is 17.7 Å². The van der Waals surface area contributed by atoms with Crippen molar-refractivity contribution >= 4 is 29.6 Å². The van der Waals surface area contributed by atoms with Crippen LogP contribution >= 0.6 is 0 Å². The van der Waals surface area contributed by atoms with Gasteiger partial charge >= 0.3 is 5.97 Å². The van der Waals surface area contributed by atoms with Gasteiger partial charge in [-0.25, -0.2) is 0 Å². The number of esters is 1. The van der Waals surface area contributed by atoms with Crippen molar-refractivity contribution in [1.29, 1.82) is 0 Å². The lowest BCUT2D eigenvalue weighted by atomic mass is 9.85. The zero-order valence-electron chi connectivity index (χ0n) is 13.1. The Bertz CT molecular complexity index is 614. The van der Waals surface area contributed by atoms with Crippen molar-refractivity contribution in [2.75, 3.05) is 19.7 Å². The Hall–Kier alpha value is -2.51. The van der Waals surface area contributed by atoms with Crippen LogP contribution in [-0.2, 0) is 28.7 Å². The second-order valence-electron chi connectivity index (χ2n) is 6.12. The summed E-state index contributed by atoms with van der Waals surface area (Å²) in [6, 6.07) is 0. The first kappa shape index (κ1) is 16.4. The molecule has 2 heterocycles. The van der Waals surface area contributed by atoms with Gasteiger partial charge < -0.3 is 4.74 Å². The molecular formula is C16H18N2O6. The molecule has 2 atom stereocenters. The van der Waals surface area contributed by atoms with Crippen LogP contribution in [0, 0.1) is 11.8 Å². The predicted molar refractivity (Wildman–Crippen MR) is 79.0 cm³/mol. The first-order valence-corrected chi connectivity index (χ1v) is 7.98. The molecule has 0 spiro atoms. The van der Waals surface area contributed by atoms with Gasteiger partial charge in [-0.3, -0.25) is 33.8 Å². The quantitative estimate of drug-likeness (QED) is 0.395. The van der Waals surface area contributed by atoms with Crippen molar-refractivity contribution in [2.45, 2.75) is 25.7 Å². The van der Waals surface area contributed by atoms with Crippen LogP contribution in [0.15, 0.2) is 12.2 Å². The second-order valence-corrected chi connectivity index (χ2v) is 6.12. The summed E-state index contributed by atoms with van der Waals surface area (Å²) in [5, 5.41) is 0.